The first-order valence-corrected chi connectivity index (χ1v) is 9.45. The molecule has 1 N–H and O–H groups in total. The Morgan fingerprint density at radius 1 is 1.19 bits per heavy atom. The number of hydrogen-bond donors (Lipinski definition) is 1. The Hall–Kier alpha value is -0.210. The summed E-state index contributed by atoms with van der Waals surface area (Å²) in [6.45, 7) is 10.2. The van der Waals surface area contributed by atoms with E-state index in [4.69, 9.17) is 0 Å². The monoisotopic (exact) mass is 320 g/mol. The third-order valence-electron chi connectivity index (χ3n) is 3.92. The van der Waals surface area contributed by atoms with Crippen molar-refractivity contribution in [1.29, 1.82) is 0 Å². The second-order valence-electron chi connectivity index (χ2n) is 6.10. The van der Waals surface area contributed by atoms with E-state index in [0.717, 1.165) is 39.1 Å². The van der Waals surface area contributed by atoms with Crippen LogP contribution in [0.15, 0.2) is 0 Å². The molecule has 1 unspecified atom stereocenters. The molecule has 1 saturated heterocycles. The van der Waals surface area contributed by atoms with E-state index in [0.29, 0.717) is 19.6 Å². The smallest absolute Gasteiger partial charge is 0.218 e. The summed E-state index contributed by atoms with van der Waals surface area (Å²) in [7, 11) is 0.959. The van der Waals surface area contributed by atoms with Crippen LogP contribution < -0.4 is 5.32 Å². The van der Waals surface area contributed by atoms with Crippen molar-refractivity contribution < 1.29 is 8.42 Å². The summed E-state index contributed by atoms with van der Waals surface area (Å²) < 4.78 is 26.7. The van der Waals surface area contributed by atoms with Crippen LogP contribution in [0.5, 0.6) is 0 Å². The maximum Gasteiger partial charge on any atom is 0.218 e. The number of nitrogens with zero attached hydrogens (tertiary/aromatic N) is 3. The second-order valence-corrected chi connectivity index (χ2v) is 8.45. The molecule has 0 bridgehead atoms. The molecule has 0 radical (unpaired) electrons. The van der Waals surface area contributed by atoms with E-state index in [1.807, 2.05) is 0 Å². The summed E-state index contributed by atoms with van der Waals surface area (Å²) in [5.74, 6) is 0. The predicted octanol–water partition coefficient (Wildman–Crippen LogP) is -0.116. The average molecular weight is 321 g/mol. The first-order valence-electron chi connectivity index (χ1n) is 7.94. The molecular weight excluding hydrogens is 288 g/mol. The molecule has 21 heavy (non-hydrogen) atoms. The van der Waals surface area contributed by atoms with Crippen molar-refractivity contribution in [3.05, 3.63) is 0 Å². The van der Waals surface area contributed by atoms with Crippen molar-refractivity contribution in [2.24, 2.45) is 0 Å². The van der Waals surface area contributed by atoms with Gasteiger partial charge in [0.05, 0.1) is 5.25 Å². The number of sulfonamides is 1. The van der Waals surface area contributed by atoms with Gasteiger partial charge in [0.25, 0.3) is 0 Å². The van der Waals surface area contributed by atoms with Crippen LogP contribution in [-0.4, -0.2) is 94.2 Å². The zero-order valence-electron chi connectivity index (χ0n) is 14.0. The third-order valence-corrected chi connectivity index (χ3v) is 6.19. The van der Waals surface area contributed by atoms with E-state index in [9.17, 15) is 8.42 Å². The Labute approximate surface area is 130 Å². The maximum absolute atomic E-state index is 12.5. The number of likely N-dealkylation sites (N-methyl/N-ethyl adjacent to an activating group) is 1. The lowest BCUT2D eigenvalue weighted by atomic mass is 10.3. The molecule has 1 atom stereocenters. The van der Waals surface area contributed by atoms with Gasteiger partial charge >= 0.3 is 0 Å². The minimum absolute atomic E-state index is 0.350. The molecule has 0 aromatic heterocycles. The first-order chi connectivity index (χ1) is 9.87. The Balaban J connectivity index is 2.40. The van der Waals surface area contributed by atoms with Crippen LogP contribution in [0.25, 0.3) is 0 Å². The van der Waals surface area contributed by atoms with Crippen molar-refractivity contribution in [3.63, 3.8) is 0 Å². The molecule has 0 spiro atoms. The van der Waals surface area contributed by atoms with Gasteiger partial charge in [0.2, 0.25) is 10.0 Å². The molecule has 0 saturated carbocycles. The molecule has 6 nitrogen and oxygen atoms in total. The topological polar surface area (TPSA) is 55.9 Å². The van der Waals surface area contributed by atoms with Crippen LogP contribution in [0.2, 0.25) is 0 Å². The normalized spacial score (nSPS) is 20.0. The fraction of sp³-hybridized carbons (Fsp3) is 1.00. The van der Waals surface area contributed by atoms with Gasteiger partial charge in [-0.05, 0) is 34.0 Å². The number of piperazine rings is 1. The Morgan fingerprint density at radius 3 is 2.33 bits per heavy atom. The van der Waals surface area contributed by atoms with Gasteiger partial charge in [0.15, 0.2) is 0 Å². The quantitative estimate of drug-likeness (QED) is 0.601. The van der Waals surface area contributed by atoms with Crippen LogP contribution >= 0.6 is 0 Å². The molecule has 1 rings (SSSR count). The highest BCUT2D eigenvalue weighted by atomic mass is 32.2. The van der Waals surface area contributed by atoms with Gasteiger partial charge in [-0.2, -0.15) is 4.31 Å². The van der Waals surface area contributed by atoms with Gasteiger partial charge in [0.1, 0.15) is 0 Å². The Kier molecular flexibility index (Phi) is 8.12. The lowest BCUT2D eigenvalue weighted by Gasteiger charge is -2.35. The number of hydrogen-bond acceptors (Lipinski definition) is 5. The summed E-state index contributed by atoms with van der Waals surface area (Å²) >= 11 is 0. The highest BCUT2D eigenvalue weighted by molar-refractivity contribution is 7.89. The third kappa shape index (κ3) is 6.20. The number of nitrogens with one attached hydrogen (secondary N) is 1. The lowest BCUT2D eigenvalue weighted by molar-refractivity contribution is 0.174. The lowest BCUT2D eigenvalue weighted by Crippen LogP contribution is -2.52. The van der Waals surface area contributed by atoms with Crippen molar-refractivity contribution >= 4 is 10.0 Å². The van der Waals surface area contributed by atoms with Crippen LogP contribution in [0.3, 0.4) is 0 Å². The zero-order chi connectivity index (χ0) is 15.9. The standard InChI is InChI=1S/C14H32N4O2S/c1-5-6-15-13-14(2)21(19,20)18-11-9-17(10-12-18)8-7-16(3)4/h14-15H,5-13H2,1-4H3. The van der Waals surface area contributed by atoms with E-state index in [1.165, 1.54) is 0 Å². The van der Waals surface area contributed by atoms with Gasteiger partial charge in [-0.1, -0.05) is 6.92 Å². The summed E-state index contributed by atoms with van der Waals surface area (Å²) in [5, 5.41) is 2.85. The predicted molar refractivity (Wildman–Crippen MR) is 88.1 cm³/mol. The van der Waals surface area contributed by atoms with E-state index in [1.54, 1.807) is 11.2 Å². The fourth-order valence-electron chi connectivity index (χ4n) is 2.39. The van der Waals surface area contributed by atoms with Crippen molar-refractivity contribution in [1.82, 2.24) is 19.4 Å². The Morgan fingerprint density at radius 2 is 1.81 bits per heavy atom. The molecule has 7 heteroatoms. The van der Waals surface area contributed by atoms with E-state index >= 15 is 0 Å². The van der Waals surface area contributed by atoms with Gasteiger partial charge in [-0.15, -0.1) is 0 Å². The zero-order valence-corrected chi connectivity index (χ0v) is 14.8. The SMILES string of the molecule is CCCNCC(C)S(=O)(=O)N1CCN(CCN(C)C)CC1. The molecule has 1 aliphatic heterocycles. The number of rotatable bonds is 9. The largest absolute Gasteiger partial charge is 0.315 e. The Bertz CT molecular complexity index is 378. The van der Waals surface area contributed by atoms with Gasteiger partial charge in [-0.3, -0.25) is 4.90 Å². The molecule has 1 fully saturated rings. The first kappa shape index (κ1) is 18.8. The molecule has 0 amide bonds. The van der Waals surface area contributed by atoms with Crippen LogP contribution in [0.4, 0.5) is 0 Å². The van der Waals surface area contributed by atoms with E-state index in [2.05, 4.69) is 36.1 Å². The van der Waals surface area contributed by atoms with E-state index in [-0.39, 0.29) is 5.25 Å². The second kappa shape index (κ2) is 9.05. The van der Waals surface area contributed by atoms with Crippen LogP contribution in [-0.2, 0) is 10.0 Å². The van der Waals surface area contributed by atoms with Gasteiger partial charge in [0, 0.05) is 45.8 Å². The van der Waals surface area contributed by atoms with Crippen molar-refractivity contribution in [3.8, 4) is 0 Å². The average Bonchev–Trinajstić information content (AvgIpc) is 2.45. The summed E-state index contributed by atoms with van der Waals surface area (Å²) in [6, 6.07) is 0. The molecule has 0 aliphatic carbocycles. The maximum atomic E-state index is 12.5. The minimum Gasteiger partial charge on any atom is -0.315 e. The molecule has 0 aromatic rings. The summed E-state index contributed by atoms with van der Waals surface area (Å²) in [6.07, 6.45) is 1.03. The van der Waals surface area contributed by atoms with Gasteiger partial charge in [-0.25, -0.2) is 8.42 Å². The highest BCUT2D eigenvalue weighted by Gasteiger charge is 2.31. The summed E-state index contributed by atoms with van der Waals surface area (Å²) in [4.78, 5) is 4.50. The highest BCUT2D eigenvalue weighted by Crippen LogP contribution is 2.12. The fourth-order valence-corrected chi connectivity index (χ4v) is 3.90. The molecule has 0 aromatic carbocycles. The van der Waals surface area contributed by atoms with Crippen molar-refractivity contribution in [2.45, 2.75) is 25.5 Å². The molecular formula is C14H32N4O2S. The molecule has 1 aliphatic rings. The van der Waals surface area contributed by atoms with Crippen LogP contribution in [0.1, 0.15) is 20.3 Å². The minimum atomic E-state index is -3.16. The van der Waals surface area contributed by atoms with E-state index < -0.39 is 10.0 Å². The van der Waals surface area contributed by atoms with Gasteiger partial charge < -0.3 is 10.2 Å². The van der Waals surface area contributed by atoms with Crippen molar-refractivity contribution in [2.75, 3.05) is 66.5 Å². The summed E-state index contributed by atoms with van der Waals surface area (Å²) in [5.41, 5.74) is 0. The van der Waals surface area contributed by atoms with Crippen LogP contribution in [0, 0.1) is 0 Å². The molecule has 1 heterocycles. The molecule has 126 valence electrons.